The van der Waals surface area contributed by atoms with Crippen molar-refractivity contribution in [1.29, 1.82) is 0 Å². The summed E-state index contributed by atoms with van der Waals surface area (Å²) in [5.41, 5.74) is 0.417. The van der Waals surface area contributed by atoms with Crippen LogP contribution in [0.3, 0.4) is 0 Å². The first-order valence-electron chi connectivity index (χ1n) is 3.89. The van der Waals surface area contributed by atoms with Crippen molar-refractivity contribution in [2.75, 3.05) is 6.54 Å². The van der Waals surface area contributed by atoms with Crippen LogP contribution in [0.4, 0.5) is 0 Å². The molecule has 62 valence electrons. The minimum atomic E-state index is 0. The fraction of sp³-hybridized carbons (Fsp3) is 1.00. The molecule has 0 bridgehead atoms. The van der Waals surface area contributed by atoms with Crippen molar-refractivity contribution in [3.63, 3.8) is 0 Å². The van der Waals surface area contributed by atoms with Crippen LogP contribution in [-0.2, 0) is 0 Å². The fourth-order valence-electron chi connectivity index (χ4n) is 1.58. The van der Waals surface area contributed by atoms with Crippen LogP contribution in [0.5, 0.6) is 0 Å². The van der Waals surface area contributed by atoms with Crippen LogP contribution in [0.2, 0.25) is 0 Å². The van der Waals surface area contributed by atoms with Crippen molar-refractivity contribution in [3.8, 4) is 0 Å². The van der Waals surface area contributed by atoms with Gasteiger partial charge in [-0.05, 0) is 32.7 Å². The van der Waals surface area contributed by atoms with Gasteiger partial charge in [0.15, 0.2) is 0 Å². The second kappa shape index (κ2) is 6.40. The maximum Gasteiger partial charge on any atom is 1.00 e. The molecule has 3 heteroatoms. The molecule has 1 aliphatic heterocycles. The molecule has 0 aliphatic carbocycles. The first-order valence-corrected chi connectivity index (χ1v) is 3.89. The molecule has 0 radical (unpaired) electrons. The summed E-state index contributed by atoms with van der Waals surface area (Å²) in [7, 11) is 0. The van der Waals surface area contributed by atoms with Crippen molar-refractivity contribution in [3.05, 3.63) is 0 Å². The van der Waals surface area contributed by atoms with Gasteiger partial charge < -0.3 is 10.0 Å². The van der Waals surface area contributed by atoms with Gasteiger partial charge in [0.05, 0.1) is 0 Å². The third-order valence-electron chi connectivity index (χ3n) is 2.25. The van der Waals surface area contributed by atoms with E-state index in [1.165, 1.54) is 19.4 Å². The maximum atomic E-state index is 3.50. The zero-order valence-corrected chi connectivity index (χ0v) is 14.4. The SMILES string of the molecule is CCC1CNC(C)(C)C1.[Cs+].[F-]. The molecule has 0 aromatic heterocycles. The first-order chi connectivity index (χ1) is 4.14. The van der Waals surface area contributed by atoms with E-state index in [9.17, 15) is 0 Å². The molecule has 0 aromatic carbocycles. The Morgan fingerprint density at radius 1 is 1.45 bits per heavy atom. The molecule has 1 heterocycles. The summed E-state index contributed by atoms with van der Waals surface area (Å²) >= 11 is 0. The minimum Gasteiger partial charge on any atom is -1.00 e. The molecular weight excluding hydrogens is 262 g/mol. The molecule has 0 amide bonds. The Kier molecular flexibility index (Phi) is 8.97. The fourth-order valence-corrected chi connectivity index (χ4v) is 1.58. The molecule has 0 aromatic rings. The van der Waals surface area contributed by atoms with Gasteiger partial charge in [-0.2, -0.15) is 0 Å². The summed E-state index contributed by atoms with van der Waals surface area (Å²) in [6, 6.07) is 0. The van der Waals surface area contributed by atoms with Gasteiger partial charge in [-0.1, -0.05) is 13.3 Å². The smallest absolute Gasteiger partial charge is 1.00 e. The van der Waals surface area contributed by atoms with Gasteiger partial charge in [-0.15, -0.1) is 0 Å². The molecule has 1 nitrogen and oxygen atoms in total. The van der Waals surface area contributed by atoms with Gasteiger partial charge in [-0.3, -0.25) is 0 Å². The monoisotopic (exact) mass is 279 g/mol. The number of hydrogen-bond donors (Lipinski definition) is 1. The van der Waals surface area contributed by atoms with Crippen LogP contribution in [0.15, 0.2) is 0 Å². The van der Waals surface area contributed by atoms with Crippen LogP contribution in [0, 0.1) is 5.92 Å². The topological polar surface area (TPSA) is 12.0 Å². The third-order valence-corrected chi connectivity index (χ3v) is 2.25. The summed E-state index contributed by atoms with van der Waals surface area (Å²) in [5.74, 6) is 0.931. The van der Waals surface area contributed by atoms with Gasteiger partial charge in [-0.25, -0.2) is 0 Å². The van der Waals surface area contributed by atoms with Crippen LogP contribution < -0.4 is 78.9 Å². The van der Waals surface area contributed by atoms with Crippen LogP contribution in [-0.4, -0.2) is 12.1 Å². The van der Waals surface area contributed by atoms with Crippen molar-refractivity contribution >= 4 is 0 Å². The van der Waals surface area contributed by atoms with Gasteiger partial charge in [0, 0.05) is 5.54 Å². The standard InChI is InChI=1S/C8H17N.Cs.FH/c1-4-7-5-8(2,3)9-6-7;;/h7,9H,4-6H2,1-3H3;;1H/q;+1;/p-1. The average Bonchev–Trinajstić information content (AvgIpc) is 2.10. The second-order valence-corrected chi connectivity index (χ2v) is 3.74. The van der Waals surface area contributed by atoms with E-state index in [2.05, 4.69) is 26.1 Å². The molecule has 1 N–H and O–H groups in total. The summed E-state index contributed by atoms with van der Waals surface area (Å²) < 4.78 is 0. The molecular formula is C8H17CsFN. The van der Waals surface area contributed by atoms with E-state index in [-0.39, 0.29) is 73.6 Å². The number of hydrogen-bond acceptors (Lipinski definition) is 1. The minimum absolute atomic E-state index is 0. The first kappa shape index (κ1) is 15.4. The maximum absolute atomic E-state index is 3.50. The van der Waals surface area contributed by atoms with E-state index in [4.69, 9.17) is 0 Å². The average molecular weight is 279 g/mol. The van der Waals surface area contributed by atoms with E-state index in [0.29, 0.717) is 5.54 Å². The Morgan fingerprint density at radius 3 is 2.18 bits per heavy atom. The molecule has 1 fully saturated rings. The Bertz CT molecular complexity index is 106. The predicted molar refractivity (Wildman–Crippen MR) is 40.5 cm³/mol. The van der Waals surface area contributed by atoms with Gasteiger partial charge >= 0.3 is 68.9 Å². The van der Waals surface area contributed by atoms with E-state index < -0.39 is 0 Å². The molecule has 0 saturated carbocycles. The largest absolute Gasteiger partial charge is 1.00 e. The number of nitrogens with one attached hydrogen (secondary N) is 1. The Labute approximate surface area is 128 Å². The molecule has 1 atom stereocenters. The Morgan fingerprint density at radius 2 is 2.00 bits per heavy atom. The van der Waals surface area contributed by atoms with Crippen molar-refractivity contribution in [2.45, 2.75) is 39.2 Å². The predicted octanol–water partition coefficient (Wildman–Crippen LogP) is -4.21. The number of rotatable bonds is 1. The van der Waals surface area contributed by atoms with E-state index in [1.807, 2.05) is 0 Å². The van der Waals surface area contributed by atoms with Crippen molar-refractivity contribution < 1.29 is 73.6 Å². The molecule has 1 unspecified atom stereocenters. The van der Waals surface area contributed by atoms with Crippen molar-refractivity contribution in [2.24, 2.45) is 5.92 Å². The zero-order chi connectivity index (χ0) is 6.91. The zero-order valence-electron chi connectivity index (χ0n) is 8.08. The summed E-state index contributed by atoms with van der Waals surface area (Å²) in [6.45, 7) is 8.06. The van der Waals surface area contributed by atoms with Gasteiger partial charge in [0.2, 0.25) is 0 Å². The summed E-state index contributed by atoms with van der Waals surface area (Å²) in [5, 5.41) is 3.50. The van der Waals surface area contributed by atoms with Crippen molar-refractivity contribution in [1.82, 2.24) is 5.32 Å². The normalized spacial score (nSPS) is 27.0. The van der Waals surface area contributed by atoms with E-state index in [1.54, 1.807) is 0 Å². The third kappa shape index (κ3) is 5.29. The van der Waals surface area contributed by atoms with Gasteiger partial charge in [0.1, 0.15) is 0 Å². The molecule has 1 saturated heterocycles. The summed E-state index contributed by atoms with van der Waals surface area (Å²) in [6.07, 6.45) is 2.68. The van der Waals surface area contributed by atoms with Gasteiger partial charge in [0.25, 0.3) is 0 Å². The molecule has 1 aliphatic rings. The van der Waals surface area contributed by atoms with E-state index >= 15 is 0 Å². The molecule has 1 rings (SSSR count). The van der Waals surface area contributed by atoms with Crippen LogP contribution in [0.25, 0.3) is 0 Å². The quantitative estimate of drug-likeness (QED) is 0.513. The number of halogens is 1. The van der Waals surface area contributed by atoms with Crippen LogP contribution >= 0.6 is 0 Å². The van der Waals surface area contributed by atoms with E-state index in [0.717, 1.165) is 5.92 Å². The Balaban J connectivity index is 0. The second-order valence-electron chi connectivity index (χ2n) is 3.74. The van der Waals surface area contributed by atoms with Crippen LogP contribution in [0.1, 0.15) is 33.6 Å². The molecule has 11 heavy (non-hydrogen) atoms. The summed E-state index contributed by atoms with van der Waals surface area (Å²) in [4.78, 5) is 0. The molecule has 0 spiro atoms. The Hall–Kier alpha value is 1.94.